The van der Waals surface area contributed by atoms with Gasteiger partial charge in [0.05, 0.1) is 31.1 Å². The van der Waals surface area contributed by atoms with Crippen molar-refractivity contribution in [1.29, 1.82) is 0 Å². The van der Waals surface area contributed by atoms with E-state index >= 15 is 0 Å². The first-order valence-electron chi connectivity index (χ1n) is 10.6. The number of nitrogens with zero attached hydrogens (tertiary/aromatic N) is 4. The van der Waals surface area contributed by atoms with Crippen molar-refractivity contribution in [1.82, 2.24) is 20.3 Å². The fourth-order valence-corrected chi connectivity index (χ4v) is 4.77. The molecule has 5 rings (SSSR count). The Balaban J connectivity index is 1.23. The number of hydrogen-bond donors (Lipinski definition) is 3. The van der Waals surface area contributed by atoms with E-state index in [1.54, 1.807) is 6.20 Å². The van der Waals surface area contributed by atoms with E-state index in [1.807, 2.05) is 25.1 Å². The number of ether oxygens (including phenoxy) is 1. The minimum absolute atomic E-state index is 0.0259. The second-order valence-corrected chi connectivity index (χ2v) is 8.87. The standard InChI is InChI=1S/C21H24N6O4S/c1-2-30-18-5-3-4-14(24-18)16-10-22-21(31-16)27-7-6-15-17(11-27)32-20(25-15)26-19(29)23-12-8-13(28)9-12/h3-5,10,12-13,28H,2,6-9,11H2,1H3,(H2,23,25,26,29). The third kappa shape index (κ3) is 4.39. The number of pyridine rings is 1. The summed E-state index contributed by atoms with van der Waals surface area (Å²) in [4.78, 5) is 28.7. The van der Waals surface area contributed by atoms with Crippen molar-refractivity contribution in [3.63, 3.8) is 0 Å². The monoisotopic (exact) mass is 456 g/mol. The lowest BCUT2D eigenvalue weighted by Crippen LogP contribution is -2.48. The normalized spacial score (nSPS) is 19.8. The van der Waals surface area contributed by atoms with Crippen LogP contribution < -0.4 is 20.3 Å². The first-order chi connectivity index (χ1) is 15.6. The molecule has 1 fully saturated rings. The predicted octanol–water partition coefficient (Wildman–Crippen LogP) is 2.80. The van der Waals surface area contributed by atoms with Crippen molar-refractivity contribution in [3.05, 3.63) is 35.0 Å². The molecule has 0 radical (unpaired) electrons. The highest BCUT2D eigenvalue weighted by molar-refractivity contribution is 7.15. The molecule has 2 aliphatic rings. The second-order valence-electron chi connectivity index (χ2n) is 7.78. The summed E-state index contributed by atoms with van der Waals surface area (Å²) < 4.78 is 11.4. The van der Waals surface area contributed by atoms with Gasteiger partial charge in [-0.25, -0.2) is 19.7 Å². The summed E-state index contributed by atoms with van der Waals surface area (Å²) in [5.41, 5.74) is 1.65. The van der Waals surface area contributed by atoms with Crippen molar-refractivity contribution in [2.24, 2.45) is 0 Å². The predicted molar refractivity (Wildman–Crippen MR) is 119 cm³/mol. The largest absolute Gasteiger partial charge is 0.478 e. The van der Waals surface area contributed by atoms with Gasteiger partial charge in [-0.2, -0.15) is 0 Å². The molecule has 3 aromatic heterocycles. The lowest BCUT2D eigenvalue weighted by Gasteiger charge is -2.31. The van der Waals surface area contributed by atoms with Gasteiger partial charge < -0.3 is 24.5 Å². The molecule has 0 saturated heterocycles. The molecule has 1 aliphatic heterocycles. The minimum Gasteiger partial charge on any atom is -0.478 e. The summed E-state index contributed by atoms with van der Waals surface area (Å²) in [5, 5.41) is 15.6. The topological polar surface area (TPSA) is 126 Å². The summed E-state index contributed by atoms with van der Waals surface area (Å²) in [5.74, 6) is 1.13. The summed E-state index contributed by atoms with van der Waals surface area (Å²) in [6, 6.07) is 5.80. The molecule has 0 atom stereocenters. The van der Waals surface area contributed by atoms with Crippen molar-refractivity contribution in [2.45, 2.75) is 44.9 Å². The highest BCUT2D eigenvalue weighted by Gasteiger charge is 2.29. The van der Waals surface area contributed by atoms with Crippen molar-refractivity contribution < 1.29 is 19.1 Å². The summed E-state index contributed by atoms with van der Waals surface area (Å²) in [6.45, 7) is 3.79. The molecular formula is C21H24N6O4S. The minimum atomic E-state index is -0.307. The smallest absolute Gasteiger partial charge is 0.321 e. The molecule has 10 nitrogen and oxygen atoms in total. The molecule has 0 spiro atoms. The summed E-state index contributed by atoms with van der Waals surface area (Å²) in [7, 11) is 0. The Hall–Kier alpha value is -3.18. The maximum absolute atomic E-state index is 12.1. The van der Waals surface area contributed by atoms with Gasteiger partial charge in [-0.05, 0) is 25.8 Å². The molecular weight excluding hydrogens is 432 g/mol. The molecule has 3 aromatic rings. The van der Waals surface area contributed by atoms with Crippen LogP contribution in [0.5, 0.6) is 5.88 Å². The number of amides is 2. The van der Waals surface area contributed by atoms with Gasteiger partial charge in [-0.1, -0.05) is 17.4 Å². The van der Waals surface area contributed by atoms with E-state index in [9.17, 15) is 9.90 Å². The average molecular weight is 457 g/mol. The Morgan fingerprint density at radius 1 is 1.38 bits per heavy atom. The molecule has 11 heteroatoms. The second kappa shape index (κ2) is 8.75. The van der Waals surface area contributed by atoms with E-state index in [2.05, 4.69) is 30.5 Å². The van der Waals surface area contributed by atoms with E-state index < -0.39 is 0 Å². The quantitative estimate of drug-likeness (QED) is 0.517. The van der Waals surface area contributed by atoms with Gasteiger partial charge in [0.25, 0.3) is 6.01 Å². The van der Waals surface area contributed by atoms with Gasteiger partial charge in [0.15, 0.2) is 10.9 Å². The van der Waals surface area contributed by atoms with E-state index in [0.717, 1.165) is 17.0 Å². The molecule has 1 saturated carbocycles. The number of hydrogen-bond acceptors (Lipinski definition) is 9. The molecule has 1 aliphatic carbocycles. The number of urea groups is 1. The van der Waals surface area contributed by atoms with Crippen LogP contribution in [-0.2, 0) is 13.0 Å². The zero-order chi connectivity index (χ0) is 22.1. The Morgan fingerprint density at radius 2 is 2.25 bits per heavy atom. The zero-order valence-corrected chi connectivity index (χ0v) is 18.4. The van der Waals surface area contributed by atoms with E-state index in [1.165, 1.54) is 11.3 Å². The molecule has 0 unspecified atom stereocenters. The van der Waals surface area contributed by atoms with Crippen molar-refractivity contribution >= 4 is 28.5 Å². The zero-order valence-electron chi connectivity index (χ0n) is 17.6. The van der Waals surface area contributed by atoms with Gasteiger partial charge in [0, 0.05) is 30.0 Å². The van der Waals surface area contributed by atoms with Crippen molar-refractivity contribution in [3.8, 4) is 17.3 Å². The van der Waals surface area contributed by atoms with Crippen LogP contribution in [0.15, 0.2) is 28.8 Å². The maximum Gasteiger partial charge on any atom is 0.321 e. The first kappa shape index (κ1) is 20.7. The highest BCUT2D eigenvalue weighted by atomic mass is 32.1. The van der Waals surface area contributed by atoms with E-state index in [-0.39, 0.29) is 18.2 Å². The van der Waals surface area contributed by atoms with E-state index in [4.69, 9.17) is 9.15 Å². The third-order valence-electron chi connectivity index (χ3n) is 5.43. The number of oxazole rings is 1. The van der Waals surface area contributed by atoms with Gasteiger partial charge in [-0.3, -0.25) is 5.32 Å². The number of aliphatic hydroxyl groups excluding tert-OH is 1. The number of nitrogens with one attached hydrogen (secondary N) is 2. The van der Waals surface area contributed by atoms with Crippen LogP contribution in [0.4, 0.5) is 15.9 Å². The average Bonchev–Trinajstić information content (AvgIpc) is 3.39. The summed E-state index contributed by atoms with van der Waals surface area (Å²) in [6.07, 6.45) is 3.29. The maximum atomic E-state index is 12.1. The Bertz CT molecular complexity index is 1110. The molecule has 32 heavy (non-hydrogen) atoms. The number of rotatable bonds is 6. The number of aromatic nitrogens is 3. The number of thiazole rings is 1. The lowest BCUT2D eigenvalue weighted by molar-refractivity contribution is 0.0671. The van der Waals surface area contributed by atoms with Crippen molar-refractivity contribution in [2.75, 3.05) is 23.4 Å². The van der Waals surface area contributed by atoms with Gasteiger partial charge >= 0.3 is 6.03 Å². The van der Waals surface area contributed by atoms with Crippen LogP contribution in [0, 0.1) is 0 Å². The fraction of sp³-hybridized carbons (Fsp3) is 0.429. The lowest BCUT2D eigenvalue weighted by atomic mass is 9.90. The molecule has 3 N–H and O–H groups in total. The fourth-order valence-electron chi connectivity index (χ4n) is 3.75. The van der Waals surface area contributed by atoms with Crippen LogP contribution in [0.3, 0.4) is 0 Å². The van der Waals surface area contributed by atoms with Crippen LogP contribution in [-0.4, -0.2) is 51.4 Å². The number of carbonyl (C=O) groups is 1. The number of anilines is 2. The Labute approximate surface area is 188 Å². The van der Waals surface area contributed by atoms with Crippen LogP contribution in [0.25, 0.3) is 11.5 Å². The molecule has 2 amide bonds. The van der Waals surface area contributed by atoms with Crippen LogP contribution in [0.1, 0.15) is 30.3 Å². The first-order valence-corrected chi connectivity index (χ1v) is 11.4. The van der Waals surface area contributed by atoms with Crippen LogP contribution in [0.2, 0.25) is 0 Å². The van der Waals surface area contributed by atoms with E-state index in [0.29, 0.717) is 61.0 Å². The van der Waals surface area contributed by atoms with Gasteiger partial charge in [0.1, 0.15) is 5.69 Å². The third-order valence-corrected chi connectivity index (χ3v) is 6.43. The van der Waals surface area contributed by atoms with Gasteiger partial charge in [0.2, 0.25) is 5.88 Å². The number of carbonyl (C=O) groups excluding carboxylic acids is 1. The van der Waals surface area contributed by atoms with Crippen LogP contribution >= 0.6 is 11.3 Å². The van der Waals surface area contributed by atoms with Gasteiger partial charge in [-0.15, -0.1) is 0 Å². The molecule has 168 valence electrons. The Morgan fingerprint density at radius 3 is 3.06 bits per heavy atom. The highest BCUT2D eigenvalue weighted by Crippen LogP contribution is 2.32. The number of aliphatic hydroxyl groups is 1. The Kier molecular flexibility index (Phi) is 5.66. The molecule has 0 aromatic carbocycles. The molecule has 0 bridgehead atoms. The molecule has 4 heterocycles. The number of fused-ring (bicyclic) bond motifs is 1. The summed E-state index contributed by atoms with van der Waals surface area (Å²) >= 11 is 1.45. The SMILES string of the molecule is CCOc1cccc(-c2cnc(N3CCc4nc(NC(=O)NC5CC(O)C5)sc4C3)o2)n1.